The van der Waals surface area contributed by atoms with Gasteiger partial charge in [0.05, 0.1) is 6.26 Å². The van der Waals surface area contributed by atoms with Crippen molar-refractivity contribution in [2.75, 3.05) is 6.73 Å². The number of thiophene rings is 1. The third kappa shape index (κ3) is 0.733. The predicted molar refractivity (Wildman–Crippen MR) is 35.5 cm³/mol. The van der Waals surface area contributed by atoms with Gasteiger partial charge in [-0.05, 0) is 11.4 Å². The molecule has 2 rings (SSSR count). The lowest BCUT2D eigenvalue weighted by Crippen LogP contribution is -2.22. The normalized spacial score (nSPS) is 14.7. The lowest BCUT2D eigenvalue weighted by Gasteiger charge is -1.95. The summed E-state index contributed by atoms with van der Waals surface area (Å²) < 4.78 is 6.05. The molecule has 0 aliphatic carbocycles. The number of ether oxygens (including phenoxy) is 1. The van der Waals surface area contributed by atoms with Crippen LogP contribution in [0.15, 0.2) is 16.4 Å². The van der Waals surface area contributed by atoms with Crippen molar-refractivity contribution in [1.82, 2.24) is 0 Å². The highest BCUT2D eigenvalue weighted by molar-refractivity contribution is 7.07. The molecule has 46 valence electrons. The van der Waals surface area contributed by atoms with E-state index in [0.717, 1.165) is 9.89 Å². The first-order valence-corrected chi connectivity index (χ1v) is 3.54. The molecule has 0 spiro atoms. The van der Waals surface area contributed by atoms with E-state index >= 15 is 0 Å². The summed E-state index contributed by atoms with van der Waals surface area (Å²) >= 11 is 1.65. The van der Waals surface area contributed by atoms with E-state index in [2.05, 4.69) is 4.99 Å². The summed E-state index contributed by atoms with van der Waals surface area (Å²) in [5.74, 6) is 0. The maximum atomic E-state index is 4.97. The molecule has 1 aliphatic heterocycles. The van der Waals surface area contributed by atoms with E-state index in [1.807, 2.05) is 11.4 Å². The van der Waals surface area contributed by atoms with Crippen molar-refractivity contribution >= 4 is 17.6 Å². The van der Waals surface area contributed by atoms with Gasteiger partial charge in [0.15, 0.2) is 6.73 Å². The maximum Gasteiger partial charge on any atom is 0.179 e. The molecule has 0 N–H and O–H groups in total. The van der Waals surface area contributed by atoms with Crippen LogP contribution in [-0.4, -0.2) is 6.73 Å². The van der Waals surface area contributed by atoms with Crippen LogP contribution >= 0.6 is 11.3 Å². The van der Waals surface area contributed by atoms with Gasteiger partial charge in [0.2, 0.25) is 0 Å². The molecule has 1 aromatic rings. The summed E-state index contributed by atoms with van der Waals surface area (Å²) in [6.45, 7) is 0.480. The van der Waals surface area contributed by atoms with E-state index in [1.165, 1.54) is 0 Å². The van der Waals surface area contributed by atoms with Crippen molar-refractivity contribution in [2.45, 2.75) is 0 Å². The number of nitrogens with zero attached hydrogens (tertiary/aromatic N) is 1. The standard InChI is InChI=1S/C6H5NOS/c1-2-9-6-5(1)3-8-4-7-6/h1-3H,4H2. The lowest BCUT2D eigenvalue weighted by atomic mass is 10.5. The summed E-state index contributed by atoms with van der Waals surface area (Å²) in [5.41, 5.74) is 0. The van der Waals surface area contributed by atoms with Gasteiger partial charge in [-0.15, -0.1) is 11.3 Å². The number of fused-ring (bicyclic) bond motifs is 1. The molecular weight excluding hydrogens is 134 g/mol. The van der Waals surface area contributed by atoms with E-state index < -0.39 is 0 Å². The second-order valence-corrected chi connectivity index (χ2v) is 2.65. The van der Waals surface area contributed by atoms with Crippen LogP contribution in [0.3, 0.4) is 0 Å². The first kappa shape index (κ1) is 4.99. The molecule has 0 radical (unpaired) electrons. The number of hydrogen-bond acceptors (Lipinski definition) is 3. The van der Waals surface area contributed by atoms with Crippen LogP contribution in [0.4, 0.5) is 0 Å². The van der Waals surface area contributed by atoms with Gasteiger partial charge in [0.1, 0.15) is 4.67 Å². The Bertz CT molecular complexity index is 284. The van der Waals surface area contributed by atoms with Crippen LogP contribution in [0.2, 0.25) is 0 Å². The highest BCUT2D eigenvalue weighted by atomic mass is 32.1. The van der Waals surface area contributed by atoms with Crippen molar-refractivity contribution in [2.24, 2.45) is 4.99 Å². The highest BCUT2D eigenvalue weighted by Gasteiger charge is 1.92. The molecule has 0 amide bonds. The number of rotatable bonds is 0. The summed E-state index contributed by atoms with van der Waals surface area (Å²) in [5, 5.41) is 3.12. The first-order valence-electron chi connectivity index (χ1n) is 2.66. The summed E-state index contributed by atoms with van der Waals surface area (Å²) in [7, 11) is 0. The quantitative estimate of drug-likeness (QED) is 0.499. The molecule has 3 heteroatoms. The van der Waals surface area contributed by atoms with Gasteiger partial charge < -0.3 is 4.74 Å². The molecule has 0 unspecified atom stereocenters. The Balaban J connectivity index is 2.89. The minimum atomic E-state index is 0.480. The van der Waals surface area contributed by atoms with Crippen molar-refractivity contribution in [1.29, 1.82) is 0 Å². The van der Waals surface area contributed by atoms with Gasteiger partial charge in [-0.25, -0.2) is 4.99 Å². The molecule has 0 saturated heterocycles. The SMILES string of the molecule is C1=c2ccsc2=NCO1. The van der Waals surface area contributed by atoms with Crippen LogP contribution in [0.25, 0.3) is 6.26 Å². The third-order valence-corrected chi connectivity index (χ3v) is 2.03. The lowest BCUT2D eigenvalue weighted by molar-refractivity contribution is 0.297. The fourth-order valence-corrected chi connectivity index (χ4v) is 1.48. The minimum absolute atomic E-state index is 0.480. The van der Waals surface area contributed by atoms with Gasteiger partial charge in [-0.1, -0.05) is 0 Å². The zero-order valence-electron chi connectivity index (χ0n) is 4.70. The van der Waals surface area contributed by atoms with E-state index in [1.54, 1.807) is 17.6 Å². The molecule has 2 heterocycles. The largest absolute Gasteiger partial charge is 0.478 e. The molecule has 1 aliphatic rings. The molecule has 0 atom stereocenters. The molecule has 0 aromatic carbocycles. The van der Waals surface area contributed by atoms with Crippen LogP contribution in [-0.2, 0) is 4.74 Å². The van der Waals surface area contributed by atoms with Gasteiger partial charge in [0.25, 0.3) is 0 Å². The molecule has 0 bridgehead atoms. The second kappa shape index (κ2) is 1.84. The Morgan fingerprint density at radius 3 is 3.56 bits per heavy atom. The first-order chi connectivity index (χ1) is 4.47. The fraction of sp³-hybridized carbons (Fsp3) is 0.167. The van der Waals surface area contributed by atoms with Crippen LogP contribution in [0.5, 0.6) is 0 Å². The summed E-state index contributed by atoms with van der Waals surface area (Å²) in [4.78, 5) is 4.12. The van der Waals surface area contributed by atoms with E-state index in [4.69, 9.17) is 4.74 Å². The molecule has 0 fully saturated rings. The Labute approximate surface area is 56.1 Å². The summed E-state index contributed by atoms with van der Waals surface area (Å²) in [6, 6.07) is 2.00. The van der Waals surface area contributed by atoms with Gasteiger partial charge in [-0.2, -0.15) is 0 Å². The average molecular weight is 139 g/mol. The zero-order chi connectivity index (χ0) is 6.10. The smallest absolute Gasteiger partial charge is 0.179 e. The Kier molecular flexibility index (Phi) is 1.02. The van der Waals surface area contributed by atoms with Gasteiger partial charge >= 0.3 is 0 Å². The van der Waals surface area contributed by atoms with Gasteiger partial charge in [-0.3, -0.25) is 0 Å². The van der Waals surface area contributed by atoms with Gasteiger partial charge in [0, 0.05) is 5.22 Å². The zero-order valence-corrected chi connectivity index (χ0v) is 5.52. The molecule has 9 heavy (non-hydrogen) atoms. The molecular formula is C6H5NOS. The Hall–Kier alpha value is -0.830. The average Bonchev–Trinajstić information content (AvgIpc) is 2.33. The van der Waals surface area contributed by atoms with Crippen molar-refractivity contribution < 1.29 is 4.74 Å². The van der Waals surface area contributed by atoms with Crippen LogP contribution in [0.1, 0.15) is 0 Å². The topological polar surface area (TPSA) is 21.6 Å². The van der Waals surface area contributed by atoms with Crippen LogP contribution < -0.4 is 9.89 Å². The van der Waals surface area contributed by atoms with E-state index in [9.17, 15) is 0 Å². The molecule has 0 saturated carbocycles. The molecule has 1 aromatic heterocycles. The fourth-order valence-electron chi connectivity index (χ4n) is 0.752. The Morgan fingerprint density at radius 1 is 1.67 bits per heavy atom. The van der Waals surface area contributed by atoms with E-state index in [0.29, 0.717) is 6.73 Å². The van der Waals surface area contributed by atoms with Crippen LogP contribution in [0, 0.1) is 0 Å². The van der Waals surface area contributed by atoms with Crippen molar-refractivity contribution in [3.8, 4) is 0 Å². The van der Waals surface area contributed by atoms with E-state index in [-0.39, 0.29) is 0 Å². The third-order valence-electron chi connectivity index (χ3n) is 1.17. The maximum absolute atomic E-state index is 4.97. The minimum Gasteiger partial charge on any atom is -0.478 e. The number of hydrogen-bond donors (Lipinski definition) is 0. The monoisotopic (exact) mass is 139 g/mol. The second-order valence-electron chi connectivity index (χ2n) is 1.75. The Morgan fingerprint density at radius 2 is 2.67 bits per heavy atom. The summed E-state index contributed by atoms with van der Waals surface area (Å²) in [6.07, 6.45) is 1.75. The van der Waals surface area contributed by atoms with Crippen molar-refractivity contribution in [3.63, 3.8) is 0 Å². The highest BCUT2D eigenvalue weighted by Crippen LogP contribution is 1.86. The molecule has 2 nitrogen and oxygen atoms in total. The van der Waals surface area contributed by atoms with Crippen molar-refractivity contribution in [3.05, 3.63) is 21.3 Å². The predicted octanol–water partition coefficient (Wildman–Crippen LogP) is 0.0934.